The van der Waals surface area contributed by atoms with Gasteiger partial charge in [0.2, 0.25) is 0 Å². The number of nitrogens with one attached hydrogen (secondary N) is 1. The maximum atomic E-state index is 13.3. The average molecular weight is 301 g/mol. The fourth-order valence-corrected chi connectivity index (χ4v) is 4.22. The number of hydrazine groups is 1. The molecule has 2 fully saturated rings. The Labute approximate surface area is 133 Å². The number of hydrogen-bond donors (Lipinski definition) is 2. The predicted octanol–water partition coefficient (Wildman–Crippen LogP) is 2.36. The highest BCUT2D eigenvalue weighted by molar-refractivity contribution is 6.03. The molecule has 0 atom stereocenters. The van der Waals surface area contributed by atoms with Crippen molar-refractivity contribution in [1.29, 1.82) is 0 Å². The second kappa shape index (κ2) is 6.90. The summed E-state index contributed by atoms with van der Waals surface area (Å²) in [6.07, 6.45) is 6.54. The van der Waals surface area contributed by atoms with Gasteiger partial charge in [0.25, 0.3) is 0 Å². The minimum absolute atomic E-state index is 0.275. The summed E-state index contributed by atoms with van der Waals surface area (Å²) in [6, 6.07) is 9.84. The monoisotopic (exact) mass is 301 g/mol. The highest BCUT2D eigenvalue weighted by atomic mass is 16.1. The van der Waals surface area contributed by atoms with E-state index in [2.05, 4.69) is 10.3 Å². The van der Waals surface area contributed by atoms with Crippen molar-refractivity contribution < 1.29 is 4.79 Å². The van der Waals surface area contributed by atoms with E-state index in [0.29, 0.717) is 11.7 Å². The van der Waals surface area contributed by atoms with Crippen LogP contribution in [0.1, 0.15) is 48.9 Å². The maximum absolute atomic E-state index is 13.3. The number of hydrogen-bond acceptors (Lipinski definition) is 4. The SMILES string of the molecule is NNCC1CCC(C(=O)c2ccccc2)(N2CCCC2)CC1. The second-order valence-electron chi connectivity index (χ2n) is 6.77. The summed E-state index contributed by atoms with van der Waals surface area (Å²) < 4.78 is 0. The number of likely N-dealkylation sites (tertiary alicyclic amines) is 1. The summed E-state index contributed by atoms with van der Waals surface area (Å²) in [4.78, 5) is 15.8. The zero-order valence-corrected chi connectivity index (χ0v) is 13.3. The van der Waals surface area contributed by atoms with Crippen LogP contribution in [-0.4, -0.2) is 35.9 Å². The van der Waals surface area contributed by atoms with Crippen LogP contribution in [-0.2, 0) is 0 Å². The molecule has 1 aliphatic carbocycles. The third-order valence-electron chi connectivity index (χ3n) is 5.51. The van der Waals surface area contributed by atoms with Crippen molar-refractivity contribution in [2.45, 2.75) is 44.1 Å². The maximum Gasteiger partial charge on any atom is 0.183 e. The number of carbonyl (C=O) groups excluding carboxylic acids is 1. The van der Waals surface area contributed by atoms with Gasteiger partial charge in [0, 0.05) is 12.1 Å². The number of benzene rings is 1. The van der Waals surface area contributed by atoms with Crippen molar-refractivity contribution in [3.63, 3.8) is 0 Å². The largest absolute Gasteiger partial charge is 0.292 e. The number of nitrogens with zero attached hydrogens (tertiary/aromatic N) is 1. The van der Waals surface area contributed by atoms with Crippen molar-refractivity contribution >= 4 is 5.78 Å². The van der Waals surface area contributed by atoms with Gasteiger partial charge >= 0.3 is 0 Å². The van der Waals surface area contributed by atoms with Crippen LogP contribution in [0.15, 0.2) is 30.3 Å². The summed E-state index contributed by atoms with van der Waals surface area (Å²) in [6.45, 7) is 2.99. The Bertz CT molecular complexity index is 488. The van der Waals surface area contributed by atoms with Gasteiger partial charge in [0.05, 0.1) is 5.54 Å². The average Bonchev–Trinajstić information content (AvgIpc) is 3.11. The molecule has 1 aromatic rings. The topological polar surface area (TPSA) is 58.4 Å². The Morgan fingerprint density at radius 3 is 2.41 bits per heavy atom. The summed E-state index contributed by atoms with van der Waals surface area (Å²) in [7, 11) is 0. The van der Waals surface area contributed by atoms with Gasteiger partial charge in [-0.15, -0.1) is 0 Å². The lowest BCUT2D eigenvalue weighted by Crippen LogP contribution is -2.56. The lowest BCUT2D eigenvalue weighted by molar-refractivity contribution is 0.0403. The van der Waals surface area contributed by atoms with E-state index in [-0.39, 0.29) is 5.54 Å². The minimum Gasteiger partial charge on any atom is -0.292 e. The molecule has 3 rings (SSSR count). The highest BCUT2D eigenvalue weighted by Crippen LogP contribution is 2.40. The van der Waals surface area contributed by atoms with E-state index in [0.717, 1.165) is 50.9 Å². The predicted molar refractivity (Wildman–Crippen MR) is 88.5 cm³/mol. The minimum atomic E-state index is -0.275. The normalized spacial score (nSPS) is 29.6. The third kappa shape index (κ3) is 2.96. The number of carbonyl (C=O) groups is 1. The van der Waals surface area contributed by atoms with Crippen LogP contribution in [0.4, 0.5) is 0 Å². The van der Waals surface area contributed by atoms with Crippen molar-refractivity contribution in [2.75, 3.05) is 19.6 Å². The molecule has 2 aliphatic rings. The van der Waals surface area contributed by atoms with Crippen LogP contribution in [0, 0.1) is 5.92 Å². The van der Waals surface area contributed by atoms with Gasteiger partial charge in [0.15, 0.2) is 5.78 Å². The van der Waals surface area contributed by atoms with Crippen LogP contribution in [0.2, 0.25) is 0 Å². The lowest BCUT2D eigenvalue weighted by Gasteiger charge is -2.45. The van der Waals surface area contributed by atoms with E-state index in [1.54, 1.807) is 0 Å². The summed E-state index contributed by atoms with van der Waals surface area (Å²) >= 11 is 0. The first-order chi connectivity index (χ1) is 10.8. The van der Waals surface area contributed by atoms with Gasteiger partial charge in [0.1, 0.15) is 0 Å². The Morgan fingerprint density at radius 2 is 1.82 bits per heavy atom. The number of Topliss-reactive ketones (excluding diaryl/α,β-unsaturated/α-hetero) is 1. The fourth-order valence-electron chi connectivity index (χ4n) is 4.22. The molecule has 0 aromatic heterocycles. The van der Waals surface area contributed by atoms with Crippen LogP contribution >= 0.6 is 0 Å². The Kier molecular flexibility index (Phi) is 4.91. The fraction of sp³-hybridized carbons (Fsp3) is 0.611. The molecule has 0 radical (unpaired) electrons. The van der Waals surface area contributed by atoms with E-state index in [9.17, 15) is 4.79 Å². The molecular weight excluding hydrogens is 274 g/mol. The molecule has 1 aromatic carbocycles. The molecule has 4 nitrogen and oxygen atoms in total. The molecule has 22 heavy (non-hydrogen) atoms. The number of nitrogens with two attached hydrogens (primary N) is 1. The summed E-state index contributed by atoms with van der Waals surface area (Å²) in [5.74, 6) is 6.40. The second-order valence-corrected chi connectivity index (χ2v) is 6.77. The molecule has 0 unspecified atom stereocenters. The first kappa shape index (κ1) is 15.7. The van der Waals surface area contributed by atoms with Crippen LogP contribution in [0.25, 0.3) is 0 Å². The van der Waals surface area contributed by atoms with E-state index in [1.807, 2.05) is 30.3 Å². The van der Waals surface area contributed by atoms with E-state index >= 15 is 0 Å². The van der Waals surface area contributed by atoms with Gasteiger partial charge in [-0.25, -0.2) is 0 Å². The first-order valence-corrected chi connectivity index (χ1v) is 8.54. The highest BCUT2D eigenvalue weighted by Gasteiger charge is 2.46. The standard InChI is InChI=1S/C18H27N3O/c19-20-14-15-8-10-18(11-9-15,21-12-4-5-13-21)17(22)16-6-2-1-3-7-16/h1-3,6-7,15,20H,4-5,8-14,19H2. The Morgan fingerprint density at radius 1 is 1.18 bits per heavy atom. The van der Waals surface area contributed by atoms with E-state index in [1.165, 1.54) is 12.8 Å². The summed E-state index contributed by atoms with van der Waals surface area (Å²) in [5, 5.41) is 0. The zero-order valence-electron chi connectivity index (χ0n) is 13.3. The van der Waals surface area contributed by atoms with Gasteiger partial charge in [-0.2, -0.15) is 0 Å². The van der Waals surface area contributed by atoms with E-state index in [4.69, 9.17) is 5.84 Å². The molecule has 1 heterocycles. The Hall–Kier alpha value is -1.23. The van der Waals surface area contributed by atoms with Gasteiger partial charge < -0.3 is 0 Å². The quantitative estimate of drug-likeness (QED) is 0.498. The summed E-state index contributed by atoms with van der Waals surface area (Å²) in [5.41, 5.74) is 3.39. The van der Waals surface area contributed by atoms with E-state index < -0.39 is 0 Å². The van der Waals surface area contributed by atoms with Gasteiger partial charge in [-0.3, -0.25) is 21.0 Å². The van der Waals surface area contributed by atoms with Crippen molar-refractivity contribution in [3.8, 4) is 0 Å². The van der Waals surface area contributed by atoms with Crippen LogP contribution in [0.5, 0.6) is 0 Å². The number of ketones is 1. The molecule has 120 valence electrons. The number of rotatable bonds is 5. The lowest BCUT2D eigenvalue weighted by atomic mass is 9.71. The zero-order chi connectivity index (χ0) is 15.4. The molecule has 0 bridgehead atoms. The third-order valence-corrected chi connectivity index (χ3v) is 5.51. The molecule has 1 aliphatic heterocycles. The molecule has 0 amide bonds. The molecule has 3 N–H and O–H groups in total. The van der Waals surface area contributed by atoms with Crippen molar-refractivity contribution in [1.82, 2.24) is 10.3 Å². The van der Waals surface area contributed by atoms with Crippen molar-refractivity contribution in [2.24, 2.45) is 11.8 Å². The first-order valence-electron chi connectivity index (χ1n) is 8.54. The smallest absolute Gasteiger partial charge is 0.183 e. The molecule has 0 spiro atoms. The van der Waals surface area contributed by atoms with Crippen molar-refractivity contribution in [3.05, 3.63) is 35.9 Å². The molecular formula is C18H27N3O. The van der Waals surface area contributed by atoms with Crippen LogP contribution < -0.4 is 11.3 Å². The van der Waals surface area contributed by atoms with Crippen LogP contribution in [0.3, 0.4) is 0 Å². The van der Waals surface area contributed by atoms with Gasteiger partial charge in [-0.1, -0.05) is 30.3 Å². The molecule has 4 heteroatoms. The molecule has 1 saturated heterocycles. The Balaban J connectivity index is 1.83. The molecule has 1 saturated carbocycles. The van der Waals surface area contributed by atoms with Gasteiger partial charge in [-0.05, 0) is 57.5 Å².